The van der Waals surface area contributed by atoms with Gasteiger partial charge in [0.1, 0.15) is 0 Å². The zero-order valence-electron chi connectivity index (χ0n) is 15.0. The lowest BCUT2D eigenvalue weighted by atomic mass is 10.2. The van der Waals surface area contributed by atoms with Gasteiger partial charge in [-0.1, -0.05) is 23.7 Å². The third-order valence-electron chi connectivity index (χ3n) is 3.57. The Morgan fingerprint density at radius 3 is 2.88 bits per heavy atom. The van der Waals surface area contributed by atoms with E-state index in [0.29, 0.717) is 11.6 Å². The Hall–Kier alpha value is -2.79. The minimum absolute atomic E-state index is 0.621. The fourth-order valence-corrected chi connectivity index (χ4v) is 2.50. The molecule has 2 aromatic rings. The first-order valence-corrected chi connectivity index (χ1v) is 8.67. The molecule has 0 saturated carbocycles. The molecule has 0 N–H and O–H groups in total. The Balaban J connectivity index is 2.23. The summed E-state index contributed by atoms with van der Waals surface area (Å²) in [4.78, 5) is 12.8. The van der Waals surface area contributed by atoms with Crippen LogP contribution < -0.4 is 0 Å². The third-order valence-corrected chi connectivity index (χ3v) is 3.80. The molecule has 0 aliphatic carbocycles. The Bertz CT molecular complexity index is 859. The monoisotopic (exact) mass is 367 g/mol. The molecule has 134 valence electrons. The molecule has 0 aliphatic heterocycles. The van der Waals surface area contributed by atoms with Crippen LogP contribution >= 0.6 is 11.6 Å². The summed E-state index contributed by atoms with van der Waals surface area (Å²) in [5, 5.41) is 5.07. The molecule has 2 rings (SSSR count). The normalized spacial score (nSPS) is 13.0. The van der Waals surface area contributed by atoms with Gasteiger partial charge in [0.15, 0.2) is 0 Å². The zero-order valence-corrected chi connectivity index (χ0v) is 15.8. The summed E-state index contributed by atoms with van der Waals surface area (Å²) in [7, 11) is 0. The van der Waals surface area contributed by atoms with Crippen molar-refractivity contribution >= 4 is 30.2 Å². The van der Waals surface area contributed by atoms with Crippen molar-refractivity contribution in [1.82, 2.24) is 9.78 Å². The average Bonchev–Trinajstić information content (AvgIpc) is 3.13. The maximum Gasteiger partial charge on any atom is 0.0693 e. The summed E-state index contributed by atoms with van der Waals surface area (Å²) in [6.45, 7) is 7.98. The fraction of sp³-hybridized carbons (Fsp3) is 0.200. The van der Waals surface area contributed by atoms with Crippen LogP contribution in [0.25, 0.3) is 5.69 Å². The van der Waals surface area contributed by atoms with Crippen LogP contribution in [0.3, 0.4) is 0 Å². The molecule has 5 nitrogen and oxygen atoms in total. The summed E-state index contributed by atoms with van der Waals surface area (Å²) in [5.41, 5.74) is 3.59. The second-order valence-corrected chi connectivity index (χ2v) is 5.77. The maximum absolute atomic E-state index is 6.06. The molecule has 1 heterocycles. The third kappa shape index (κ3) is 5.63. The van der Waals surface area contributed by atoms with Crippen LogP contribution in [0.1, 0.15) is 25.8 Å². The summed E-state index contributed by atoms with van der Waals surface area (Å²) in [6, 6.07) is 7.53. The molecule has 0 fully saturated rings. The second-order valence-electron chi connectivity index (χ2n) is 5.34. The van der Waals surface area contributed by atoms with E-state index in [-0.39, 0.29) is 0 Å². The van der Waals surface area contributed by atoms with Gasteiger partial charge in [-0.2, -0.15) is 5.10 Å². The van der Waals surface area contributed by atoms with Crippen LogP contribution in [0.4, 0.5) is 0 Å². The van der Waals surface area contributed by atoms with Gasteiger partial charge in [0.2, 0.25) is 0 Å². The number of benzene rings is 1. The first-order chi connectivity index (χ1) is 12.7. The molecule has 0 atom stereocenters. The van der Waals surface area contributed by atoms with Crippen LogP contribution in [0.2, 0.25) is 5.02 Å². The highest BCUT2D eigenvalue weighted by molar-refractivity contribution is 6.30. The predicted octanol–water partition coefficient (Wildman–Crippen LogP) is 4.91. The van der Waals surface area contributed by atoms with Crippen molar-refractivity contribution in [2.75, 3.05) is 6.54 Å². The summed E-state index contributed by atoms with van der Waals surface area (Å²) in [6.07, 6.45) is 11.7. The minimum atomic E-state index is 0.621. The van der Waals surface area contributed by atoms with E-state index in [0.717, 1.165) is 29.1 Å². The summed E-state index contributed by atoms with van der Waals surface area (Å²) in [5.74, 6) is 0. The lowest BCUT2D eigenvalue weighted by molar-refractivity contribution is 0.880. The van der Waals surface area contributed by atoms with Crippen LogP contribution in [-0.4, -0.2) is 35.0 Å². The Labute approximate surface area is 159 Å². The molecule has 1 aromatic heterocycles. The molecule has 1 aromatic carbocycles. The van der Waals surface area contributed by atoms with E-state index in [1.54, 1.807) is 23.3 Å². The van der Waals surface area contributed by atoms with E-state index in [9.17, 15) is 0 Å². The molecule has 0 unspecified atom stereocenters. The number of hydrogen-bond donors (Lipinski definition) is 0. The standard InChI is InChI=1S/C20H22ClN5/c1-4-18(23-5-2)9-12-24-20(10-11-22-3)16-14-25-26(15-16)19-8-6-7-17(21)13-19/h4-8,10-11,13-15H,3,9,12H2,1-2H3/b11-10-,18-4-,23-5-,24-20+. The molecule has 26 heavy (non-hydrogen) atoms. The fourth-order valence-electron chi connectivity index (χ4n) is 2.32. The van der Waals surface area contributed by atoms with Crippen LogP contribution in [0.5, 0.6) is 0 Å². The number of hydrogen-bond acceptors (Lipinski definition) is 4. The molecule has 0 radical (unpaired) electrons. The molecule has 0 bridgehead atoms. The van der Waals surface area contributed by atoms with Crippen molar-refractivity contribution in [3.63, 3.8) is 0 Å². The van der Waals surface area contributed by atoms with Gasteiger partial charge in [-0.25, -0.2) is 4.68 Å². The molecule has 0 aliphatic rings. The van der Waals surface area contributed by atoms with Gasteiger partial charge < -0.3 is 0 Å². The van der Waals surface area contributed by atoms with E-state index in [4.69, 9.17) is 11.6 Å². The topological polar surface area (TPSA) is 54.9 Å². The van der Waals surface area contributed by atoms with Gasteiger partial charge in [0.05, 0.1) is 17.6 Å². The molecule has 0 saturated heterocycles. The number of aromatic nitrogens is 2. The number of aliphatic imine (C=N–C) groups is 3. The van der Waals surface area contributed by atoms with E-state index >= 15 is 0 Å². The van der Waals surface area contributed by atoms with Crippen LogP contribution in [-0.2, 0) is 0 Å². The van der Waals surface area contributed by atoms with Crippen molar-refractivity contribution in [3.05, 3.63) is 71.3 Å². The Morgan fingerprint density at radius 2 is 2.19 bits per heavy atom. The number of nitrogens with zero attached hydrogens (tertiary/aromatic N) is 5. The Kier molecular flexibility index (Phi) is 7.71. The number of rotatable bonds is 8. The molecule has 6 heteroatoms. The van der Waals surface area contributed by atoms with Crippen molar-refractivity contribution in [2.24, 2.45) is 15.0 Å². The highest BCUT2D eigenvalue weighted by Gasteiger charge is 2.06. The molecule has 0 amide bonds. The summed E-state index contributed by atoms with van der Waals surface area (Å²) >= 11 is 6.06. The smallest absolute Gasteiger partial charge is 0.0693 e. The molecule has 0 spiro atoms. The van der Waals surface area contributed by atoms with Crippen LogP contribution in [0, 0.1) is 0 Å². The lowest BCUT2D eigenvalue weighted by Gasteiger charge is -2.02. The van der Waals surface area contributed by atoms with Gasteiger partial charge >= 0.3 is 0 Å². The zero-order chi connectivity index (χ0) is 18.8. The lowest BCUT2D eigenvalue weighted by Crippen LogP contribution is -1.98. The first kappa shape index (κ1) is 19.5. The van der Waals surface area contributed by atoms with Gasteiger partial charge in [-0.15, -0.1) is 0 Å². The minimum Gasteiger partial charge on any atom is -0.284 e. The molecular formula is C20H22ClN5. The Morgan fingerprint density at radius 1 is 1.35 bits per heavy atom. The highest BCUT2D eigenvalue weighted by atomic mass is 35.5. The van der Waals surface area contributed by atoms with Crippen molar-refractivity contribution in [2.45, 2.75) is 20.3 Å². The van der Waals surface area contributed by atoms with E-state index in [1.165, 1.54) is 0 Å². The SMILES string of the molecule is C=N/C=C\C(=N/CCC(=C/C)/N=C\C)c1cnn(-c2cccc(Cl)c2)c1. The van der Waals surface area contributed by atoms with E-state index in [2.05, 4.69) is 26.8 Å². The quantitative estimate of drug-likeness (QED) is 0.611. The van der Waals surface area contributed by atoms with Crippen LogP contribution in [0.15, 0.2) is 75.7 Å². The van der Waals surface area contributed by atoms with E-state index < -0.39 is 0 Å². The van der Waals surface area contributed by atoms with Gasteiger partial charge in [0, 0.05) is 47.9 Å². The van der Waals surface area contributed by atoms with Crippen molar-refractivity contribution < 1.29 is 0 Å². The van der Waals surface area contributed by atoms with Crippen molar-refractivity contribution in [3.8, 4) is 5.69 Å². The molecular weight excluding hydrogens is 346 g/mol. The highest BCUT2D eigenvalue weighted by Crippen LogP contribution is 2.15. The first-order valence-electron chi connectivity index (χ1n) is 8.29. The number of allylic oxidation sites excluding steroid dienone is 2. The second kappa shape index (κ2) is 10.3. The van der Waals surface area contributed by atoms with Crippen molar-refractivity contribution in [1.29, 1.82) is 0 Å². The van der Waals surface area contributed by atoms with Gasteiger partial charge in [-0.3, -0.25) is 15.0 Å². The summed E-state index contributed by atoms with van der Waals surface area (Å²) < 4.78 is 1.77. The van der Waals surface area contributed by atoms with Gasteiger partial charge in [0.25, 0.3) is 0 Å². The average molecular weight is 368 g/mol. The van der Waals surface area contributed by atoms with E-state index in [1.807, 2.05) is 56.5 Å². The predicted molar refractivity (Wildman–Crippen MR) is 111 cm³/mol. The largest absolute Gasteiger partial charge is 0.284 e. The van der Waals surface area contributed by atoms with Gasteiger partial charge in [-0.05, 0) is 44.8 Å². The number of halogens is 1. The maximum atomic E-state index is 6.06.